The Kier molecular flexibility index (Phi) is 5.47. The maximum Gasteiger partial charge on any atom is 0.269 e. The van der Waals surface area contributed by atoms with Crippen molar-refractivity contribution < 1.29 is 23.1 Å². The van der Waals surface area contributed by atoms with Crippen molar-refractivity contribution in [3.8, 4) is 5.69 Å². The fourth-order valence-electron chi connectivity index (χ4n) is 3.31. The smallest absolute Gasteiger partial charge is 0.269 e. The summed E-state index contributed by atoms with van der Waals surface area (Å²) in [5, 5.41) is 28.6. The lowest BCUT2D eigenvalue weighted by atomic mass is 10.2. The number of hydrogen-bond donors (Lipinski definition) is 1. The first-order chi connectivity index (χ1) is 15.6. The molecule has 0 aliphatic carbocycles. The number of nitrogens with zero attached hydrogens (tertiary/aromatic N) is 4. The normalized spacial score (nSPS) is 14.2. The predicted octanol–water partition coefficient (Wildman–Crippen LogP) is 2.77. The van der Waals surface area contributed by atoms with Crippen molar-refractivity contribution in [1.82, 2.24) is 9.78 Å². The second-order valence-electron chi connectivity index (χ2n) is 7.16. The van der Waals surface area contributed by atoms with Crippen LogP contribution in [0.4, 0.5) is 17.2 Å². The molecule has 0 saturated heterocycles. The highest BCUT2D eigenvalue weighted by atomic mass is 32.2. The summed E-state index contributed by atoms with van der Waals surface area (Å²) in [6, 6.07) is 11.0. The van der Waals surface area contributed by atoms with E-state index in [1.165, 1.54) is 65.4 Å². The van der Waals surface area contributed by atoms with Gasteiger partial charge in [-0.05, 0) is 35.9 Å². The molecule has 1 N–H and O–H groups in total. The van der Waals surface area contributed by atoms with Crippen molar-refractivity contribution >= 4 is 39.0 Å². The molecule has 0 fully saturated rings. The van der Waals surface area contributed by atoms with Crippen LogP contribution in [0, 0.1) is 20.2 Å². The van der Waals surface area contributed by atoms with Gasteiger partial charge in [0.15, 0.2) is 9.84 Å². The van der Waals surface area contributed by atoms with Crippen LogP contribution in [0.25, 0.3) is 11.8 Å². The summed E-state index contributed by atoms with van der Waals surface area (Å²) < 4.78 is 25.4. The molecule has 2 aromatic carbocycles. The van der Waals surface area contributed by atoms with E-state index in [1.807, 2.05) is 0 Å². The summed E-state index contributed by atoms with van der Waals surface area (Å²) in [6.45, 7) is 0. The minimum atomic E-state index is -3.39. The minimum absolute atomic E-state index is 0.0830. The molecule has 0 spiro atoms. The van der Waals surface area contributed by atoms with E-state index in [2.05, 4.69) is 10.4 Å². The standard InChI is InChI=1S/C20H15N5O7S/c26-19(10-3-13-1-4-15(5-2-13)24(27)28)21-20-17-11-33(31,32)12-18(17)22-23(20)14-6-8-16(9-7-14)25(29)30/h1-10H,11-12H2,(H,21,26)/b10-3-. The van der Waals surface area contributed by atoms with Crippen LogP contribution < -0.4 is 5.32 Å². The molecule has 13 heteroatoms. The van der Waals surface area contributed by atoms with E-state index < -0.39 is 25.6 Å². The topological polar surface area (TPSA) is 167 Å². The molecule has 3 aromatic rings. The summed E-state index contributed by atoms with van der Waals surface area (Å²) >= 11 is 0. The van der Waals surface area contributed by atoms with Crippen LogP contribution in [0.5, 0.6) is 0 Å². The van der Waals surface area contributed by atoms with Crippen LogP contribution in [-0.2, 0) is 26.1 Å². The Balaban J connectivity index is 1.62. The number of carbonyl (C=O) groups excluding carboxylic acids is 1. The summed E-state index contributed by atoms with van der Waals surface area (Å²) in [6.07, 6.45) is 2.65. The molecule has 0 saturated carbocycles. The first-order valence-electron chi connectivity index (χ1n) is 9.42. The lowest BCUT2D eigenvalue weighted by molar-refractivity contribution is -0.385. The number of amides is 1. The highest BCUT2D eigenvalue weighted by molar-refractivity contribution is 7.90. The molecule has 1 amide bonds. The first-order valence-corrected chi connectivity index (χ1v) is 11.2. The van der Waals surface area contributed by atoms with E-state index >= 15 is 0 Å². The van der Waals surface area contributed by atoms with Crippen LogP contribution >= 0.6 is 0 Å². The Morgan fingerprint density at radius 3 is 2.12 bits per heavy atom. The number of aromatic nitrogens is 2. The van der Waals surface area contributed by atoms with E-state index in [1.54, 1.807) is 0 Å². The van der Waals surface area contributed by atoms with Crippen molar-refractivity contribution in [2.24, 2.45) is 0 Å². The summed E-state index contributed by atoms with van der Waals surface area (Å²) in [5.74, 6) is -0.998. The highest BCUT2D eigenvalue weighted by Crippen LogP contribution is 2.33. The minimum Gasteiger partial charge on any atom is -0.307 e. The number of nitro benzene ring substituents is 2. The number of sulfone groups is 1. The molecule has 0 radical (unpaired) electrons. The number of nitro groups is 2. The van der Waals surface area contributed by atoms with Gasteiger partial charge in [-0.2, -0.15) is 5.10 Å². The average molecular weight is 469 g/mol. The number of hydrogen-bond acceptors (Lipinski definition) is 8. The van der Waals surface area contributed by atoms with E-state index in [9.17, 15) is 33.4 Å². The maximum absolute atomic E-state index is 12.6. The zero-order valence-corrected chi connectivity index (χ0v) is 17.6. The SMILES string of the molecule is O=C(/C=C\c1ccc([N+](=O)[O-])cc1)Nc1c2c(nn1-c1ccc([N+](=O)[O-])cc1)CS(=O)(=O)C2. The molecule has 0 atom stereocenters. The molecule has 168 valence electrons. The van der Waals surface area contributed by atoms with Gasteiger partial charge in [-0.1, -0.05) is 0 Å². The molecule has 0 bridgehead atoms. The molecular formula is C20H15N5O7S. The van der Waals surface area contributed by atoms with Gasteiger partial charge in [-0.15, -0.1) is 0 Å². The molecular weight excluding hydrogens is 454 g/mol. The quantitative estimate of drug-likeness (QED) is 0.326. The zero-order valence-electron chi connectivity index (χ0n) is 16.7. The number of carbonyl (C=O) groups is 1. The highest BCUT2D eigenvalue weighted by Gasteiger charge is 2.33. The largest absolute Gasteiger partial charge is 0.307 e. The van der Waals surface area contributed by atoms with Crippen LogP contribution in [0.1, 0.15) is 16.8 Å². The van der Waals surface area contributed by atoms with Gasteiger partial charge in [0.25, 0.3) is 11.4 Å². The van der Waals surface area contributed by atoms with Gasteiger partial charge < -0.3 is 5.32 Å². The third-order valence-corrected chi connectivity index (χ3v) is 6.31. The van der Waals surface area contributed by atoms with Crippen molar-refractivity contribution in [1.29, 1.82) is 0 Å². The zero-order chi connectivity index (χ0) is 23.8. The van der Waals surface area contributed by atoms with E-state index in [-0.39, 0.29) is 28.7 Å². The Morgan fingerprint density at radius 1 is 0.970 bits per heavy atom. The monoisotopic (exact) mass is 469 g/mol. The molecule has 1 aliphatic rings. The average Bonchev–Trinajstić information content (AvgIpc) is 3.25. The fraction of sp³-hybridized carbons (Fsp3) is 0.100. The second kappa shape index (κ2) is 8.27. The molecule has 0 unspecified atom stereocenters. The Labute approximate surface area is 186 Å². The van der Waals surface area contributed by atoms with Crippen molar-refractivity contribution in [2.45, 2.75) is 11.5 Å². The van der Waals surface area contributed by atoms with Gasteiger partial charge in [0, 0.05) is 35.9 Å². The van der Waals surface area contributed by atoms with Crippen molar-refractivity contribution in [3.05, 3.63) is 91.7 Å². The van der Waals surface area contributed by atoms with Gasteiger partial charge in [-0.25, -0.2) is 13.1 Å². The Morgan fingerprint density at radius 2 is 1.55 bits per heavy atom. The van der Waals surface area contributed by atoms with E-state index in [4.69, 9.17) is 0 Å². The molecule has 2 heterocycles. The number of benzene rings is 2. The lowest BCUT2D eigenvalue weighted by Gasteiger charge is -2.10. The van der Waals surface area contributed by atoms with Gasteiger partial charge >= 0.3 is 0 Å². The molecule has 4 rings (SSSR count). The Bertz CT molecular complexity index is 1410. The number of rotatable bonds is 6. The van der Waals surface area contributed by atoms with Crippen LogP contribution in [0.3, 0.4) is 0 Å². The van der Waals surface area contributed by atoms with Crippen LogP contribution in [-0.4, -0.2) is 34.0 Å². The van der Waals surface area contributed by atoms with Crippen LogP contribution in [0.15, 0.2) is 54.6 Å². The predicted molar refractivity (Wildman–Crippen MR) is 117 cm³/mol. The summed E-state index contributed by atoms with van der Waals surface area (Å²) in [5.41, 5.74) is 1.39. The molecule has 1 aromatic heterocycles. The van der Waals surface area contributed by atoms with Gasteiger partial charge in [0.1, 0.15) is 5.82 Å². The number of fused-ring (bicyclic) bond motifs is 1. The lowest BCUT2D eigenvalue weighted by Crippen LogP contribution is -2.14. The van der Waals surface area contributed by atoms with E-state index in [0.717, 1.165) is 0 Å². The molecule has 33 heavy (non-hydrogen) atoms. The van der Waals surface area contributed by atoms with E-state index in [0.29, 0.717) is 22.5 Å². The molecule has 12 nitrogen and oxygen atoms in total. The second-order valence-corrected chi connectivity index (χ2v) is 9.23. The van der Waals surface area contributed by atoms with Gasteiger partial charge in [0.2, 0.25) is 5.91 Å². The van der Waals surface area contributed by atoms with Crippen LogP contribution in [0.2, 0.25) is 0 Å². The van der Waals surface area contributed by atoms with Crippen molar-refractivity contribution in [2.75, 3.05) is 5.32 Å². The Hall–Kier alpha value is -4.39. The van der Waals surface area contributed by atoms with Gasteiger partial charge in [-0.3, -0.25) is 25.0 Å². The third kappa shape index (κ3) is 4.62. The third-order valence-electron chi connectivity index (χ3n) is 4.87. The summed E-state index contributed by atoms with van der Waals surface area (Å²) in [7, 11) is -3.39. The number of non-ortho nitro benzene ring substituents is 2. The fourth-order valence-corrected chi connectivity index (χ4v) is 4.80. The van der Waals surface area contributed by atoms with Crippen molar-refractivity contribution in [3.63, 3.8) is 0 Å². The maximum atomic E-state index is 12.6. The molecule has 1 aliphatic heterocycles. The summed E-state index contributed by atoms with van der Waals surface area (Å²) in [4.78, 5) is 33.1. The number of anilines is 1. The van der Waals surface area contributed by atoms with Gasteiger partial charge in [0.05, 0.1) is 32.7 Å². The number of nitrogens with one attached hydrogen (secondary N) is 1. The first kappa shape index (κ1) is 21.8.